The number of aliphatic hydroxyl groups is 1. The SMILES string of the molecule is C[C@H](CCO)NC(=O)Nc1cccnn1. The van der Waals surface area contributed by atoms with E-state index in [1.165, 1.54) is 6.20 Å². The Morgan fingerprint density at radius 1 is 1.67 bits per heavy atom. The molecule has 1 atom stereocenters. The number of anilines is 1. The number of hydrogen-bond acceptors (Lipinski definition) is 4. The molecule has 0 aliphatic heterocycles. The van der Waals surface area contributed by atoms with Crippen LogP contribution in [0.15, 0.2) is 18.3 Å². The van der Waals surface area contributed by atoms with Crippen molar-refractivity contribution in [2.45, 2.75) is 19.4 Å². The molecule has 0 aromatic carbocycles. The molecule has 1 aromatic rings. The minimum Gasteiger partial charge on any atom is -0.396 e. The van der Waals surface area contributed by atoms with Gasteiger partial charge in [0.2, 0.25) is 0 Å². The number of nitrogens with zero attached hydrogens (tertiary/aromatic N) is 2. The van der Waals surface area contributed by atoms with Crippen molar-refractivity contribution >= 4 is 11.8 Å². The van der Waals surface area contributed by atoms with Crippen molar-refractivity contribution in [2.24, 2.45) is 0 Å². The zero-order chi connectivity index (χ0) is 11.1. The molecule has 1 heterocycles. The molecule has 0 saturated carbocycles. The Balaban J connectivity index is 2.36. The Bertz CT molecular complexity index is 304. The highest BCUT2D eigenvalue weighted by molar-refractivity contribution is 5.88. The summed E-state index contributed by atoms with van der Waals surface area (Å²) in [6.07, 6.45) is 2.05. The molecule has 0 saturated heterocycles. The summed E-state index contributed by atoms with van der Waals surface area (Å²) in [5.41, 5.74) is 0. The molecule has 2 amide bonds. The Morgan fingerprint density at radius 2 is 2.47 bits per heavy atom. The summed E-state index contributed by atoms with van der Waals surface area (Å²) < 4.78 is 0. The number of rotatable bonds is 4. The van der Waals surface area contributed by atoms with Crippen molar-refractivity contribution in [1.29, 1.82) is 0 Å². The Kier molecular flexibility index (Phi) is 4.49. The van der Waals surface area contributed by atoms with Crippen LogP contribution in [0.1, 0.15) is 13.3 Å². The van der Waals surface area contributed by atoms with Crippen LogP contribution in [0.25, 0.3) is 0 Å². The van der Waals surface area contributed by atoms with Gasteiger partial charge in [0.1, 0.15) is 0 Å². The number of aromatic nitrogens is 2. The van der Waals surface area contributed by atoms with Gasteiger partial charge in [-0.3, -0.25) is 5.32 Å². The molecule has 0 fully saturated rings. The van der Waals surface area contributed by atoms with Gasteiger partial charge in [0.15, 0.2) is 5.82 Å². The lowest BCUT2D eigenvalue weighted by Gasteiger charge is -2.12. The van der Waals surface area contributed by atoms with Crippen molar-refractivity contribution in [3.05, 3.63) is 18.3 Å². The summed E-state index contributed by atoms with van der Waals surface area (Å²) in [6.45, 7) is 1.86. The van der Waals surface area contributed by atoms with Crippen LogP contribution < -0.4 is 10.6 Å². The lowest BCUT2D eigenvalue weighted by atomic mass is 10.2. The number of carbonyl (C=O) groups excluding carboxylic acids is 1. The first-order valence-electron chi connectivity index (χ1n) is 4.68. The van der Waals surface area contributed by atoms with Crippen LogP contribution in [0, 0.1) is 0 Å². The van der Waals surface area contributed by atoms with Gasteiger partial charge in [-0.15, -0.1) is 5.10 Å². The highest BCUT2D eigenvalue weighted by Gasteiger charge is 2.06. The summed E-state index contributed by atoms with van der Waals surface area (Å²) in [5, 5.41) is 21.1. The quantitative estimate of drug-likeness (QED) is 0.670. The second-order valence-electron chi connectivity index (χ2n) is 3.12. The molecule has 6 nitrogen and oxygen atoms in total. The normalized spacial score (nSPS) is 11.9. The fraction of sp³-hybridized carbons (Fsp3) is 0.444. The molecule has 0 radical (unpaired) electrons. The zero-order valence-electron chi connectivity index (χ0n) is 8.47. The number of nitrogens with one attached hydrogen (secondary N) is 2. The van der Waals surface area contributed by atoms with Gasteiger partial charge >= 0.3 is 6.03 Å². The van der Waals surface area contributed by atoms with Crippen molar-refractivity contribution in [2.75, 3.05) is 11.9 Å². The van der Waals surface area contributed by atoms with Crippen LogP contribution in [-0.2, 0) is 0 Å². The molecule has 3 N–H and O–H groups in total. The fourth-order valence-corrected chi connectivity index (χ4v) is 1.01. The highest BCUT2D eigenvalue weighted by Crippen LogP contribution is 1.97. The maximum atomic E-state index is 11.3. The van der Waals surface area contributed by atoms with Crippen LogP contribution in [0.3, 0.4) is 0 Å². The van der Waals surface area contributed by atoms with Crippen LogP contribution in [-0.4, -0.2) is 34.0 Å². The van der Waals surface area contributed by atoms with Crippen molar-refractivity contribution in [3.8, 4) is 0 Å². The number of amides is 2. The van der Waals surface area contributed by atoms with Crippen LogP contribution in [0.5, 0.6) is 0 Å². The maximum absolute atomic E-state index is 11.3. The second-order valence-corrected chi connectivity index (χ2v) is 3.12. The van der Waals surface area contributed by atoms with Gasteiger partial charge in [-0.2, -0.15) is 5.10 Å². The van der Waals surface area contributed by atoms with Crippen LogP contribution in [0.2, 0.25) is 0 Å². The van der Waals surface area contributed by atoms with Gasteiger partial charge in [-0.1, -0.05) is 0 Å². The Labute approximate surface area is 87.7 Å². The molecule has 15 heavy (non-hydrogen) atoms. The fourth-order valence-electron chi connectivity index (χ4n) is 1.01. The third kappa shape index (κ3) is 4.37. The van der Waals surface area contributed by atoms with E-state index in [1.807, 2.05) is 6.92 Å². The van der Waals surface area contributed by atoms with Crippen molar-refractivity contribution < 1.29 is 9.90 Å². The first-order valence-corrected chi connectivity index (χ1v) is 4.68. The molecular formula is C9H14N4O2. The second kappa shape index (κ2) is 5.92. The first-order chi connectivity index (χ1) is 7.22. The molecule has 1 rings (SSSR count). The molecule has 82 valence electrons. The molecule has 0 spiro atoms. The maximum Gasteiger partial charge on any atom is 0.320 e. The molecular weight excluding hydrogens is 196 g/mol. The number of urea groups is 1. The van der Waals surface area contributed by atoms with Gasteiger partial charge in [0, 0.05) is 18.8 Å². The van der Waals surface area contributed by atoms with E-state index >= 15 is 0 Å². The molecule has 6 heteroatoms. The molecule has 1 aromatic heterocycles. The number of carbonyl (C=O) groups is 1. The van der Waals surface area contributed by atoms with Gasteiger partial charge in [0.05, 0.1) is 0 Å². The summed E-state index contributed by atoms with van der Waals surface area (Å²) in [4.78, 5) is 11.3. The predicted molar refractivity (Wildman–Crippen MR) is 55.4 cm³/mol. The van der Waals surface area contributed by atoms with E-state index in [1.54, 1.807) is 12.1 Å². The van der Waals surface area contributed by atoms with E-state index in [0.29, 0.717) is 12.2 Å². The predicted octanol–water partition coefficient (Wildman–Crippen LogP) is 0.369. The number of aliphatic hydroxyl groups excluding tert-OH is 1. The van der Waals surface area contributed by atoms with Crippen molar-refractivity contribution in [3.63, 3.8) is 0 Å². The largest absolute Gasteiger partial charge is 0.396 e. The highest BCUT2D eigenvalue weighted by atomic mass is 16.3. The lowest BCUT2D eigenvalue weighted by molar-refractivity contribution is 0.241. The van der Waals surface area contributed by atoms with E-state index in [4.69, 9.17) is 5.11 Å². The van der Waals surface area contributed by atoms with E-state index in [9.17, 15) is 4.79 Å². The number of hydrogen-bond donors (Lipinski definition) is 3. The monoisotopic (exact) mass is 210 g/mol. The van der Waals surface area contributed by atoms with Gasteiger partial charge in [-0.05, 0) is 25.5 Å². The third-order valence-electron chi connectivity index (χ3n) is 1.75. The van der Waals surface area contributed by atoms with Gasteiger partial charge in [-0.25, -0.2) is 4.79 Å². The third-order valence-corrected chi connectivity index (χ3v) is 1.75. The van der Waals surface area contributed by atoms with Gasteiger partial charge in [0.25, 0.3) is 0 Å². The van der Waals surface area contributed by atoms with Crippen LogP contribution >= 0.6 is 0 Å². The van der Waals surface area contributed by atoms with E-state index in [0.717, 1.165) is 0 Å². The minimum absolute atomic E-state index is 0.0482. The molecule has 0 aliphatic carbocycles. The zero-order valence-corrected chi connectivity index (χ0v) is 8.47. The minimum atomic E-state index is -0.351. The summed E-state index contributed by atoms with van der Waals surface area (Å²) in [7, 11) is 0. The summed E-state index contributed by atoms with van der Waals surface area (Å²) in [6, 6.07) is 2.89. The van der Waals surface area contributed by atoms with Gasteiger partial charge < -0.3 is 10.4 Å². The first kappa shape index (κ1) is 11.4. The summed E-state index contributed by atoms with van der Waals surface area (Å²) >= 11 is 0. The average molecular weight is 210 g/mol. The Morgan fingerprint density at radius 3 is 3.07 bits per heavy atom. The molecule has 0 aliphatic rings. The lowest BCUT2D eigenvalue weighted by Crippen LogP contribution is -2.36. The van der Waals surface area contributed by atoms with E-state index < -0.39 is 0 Å². The molecule has 0 bridgehead atoms. The molecule has 0 unspecified atom stereocenters. The smallest absolute Gasteiger partial charge is 0.320 e. The Hall–Kier alpha value is -1.69. The topological polar surface area (TPSA) is 87.1 Å². The summed E-state index contributed by atoms with van der Waals surface area (Å²) in [5.74, 6) is 0.395. The van der Waals surface area contributed by atoms with Crippen LogP contribution in [0.4, 0.5) is 10.6 Å². The van der Waals surface area contributed by atoms with Crippen molar-refractivity contribution in [1.82, 2.24) is 15.5 Å². The standard InChI is InChI=1S/C9H14N4O2/c1-7(4-6-14)11-9(15)12-8-3-2-5-10-13-8/h2-3,5,7,14H,4,6H2,1H3,(H2,11,12,13,15)/t7-/m1/s1. The van der Waals surface area contributed by atoms with E-state index in [2.05, 4.69) is 20.8 Å². The van der Waals surface area contributed by atoms with E-state index in [-0.39, 0.29) is 18.7 Å². The average Bonchev–Trinajstić information content (AvgIpc) is 2.19.